The summed E-state index contributed by atoms with van der Waals surface area (Å²) in [6.07, 6.45) is -0.158. The van der Waals surface area contributed by atoms with Gasteiger partial charge in [0.2, 0.25) is 0 Å². The number of aromatic nitrogens is 1. The molecule has 1 saturated heterocycles. The smallest absolute Gasteiger partial charge is 0.250 e. The van der Waals surface area contributed by atoms with Gasteiger partial charge in [0.05, 0.1) is 6.54 Å². The van der Waals surface area contributed by atoms with Crippen LogP contribution in [0.5, 0.6) is 0 Å². The van der Waals surface area contributed by atoms with Gasteiger partial charge in [0.1, 0.15) is 11.5 Å². The van der Waals surface area contributed by atoms with Crippen molar-refractivity contribution in [2.45, 2.75) is 25.7 Å². The van der Waals surface area contributed by atoms with Gasteiger partial charge in [-0.1, -0.05) is 5.92 Å². The molecule has 1 aromatic heterocycles. The molecule has 2 heterocycles. The van der Waals surface area contributed by atoms with E-state index in [0.717, 1.165) is 5.56 Å². The fraction of sp³-hybridized carbons (Fsp3) is 0.500. The number of hydrogen-bond donors (Lipinski definition) is 1. The molecule has 1 aliphatic rings. The highest BCUT2D eigenvalue weighted by Gasteiger charge is 2.33. The minimum absolute atomic E-state index is 0.0790. The van der Waals surface area contributed by atoms with Crippen LogP contribution < -0.4 is 5.73 Å². The third kappa shape index (κ3) is 4.18. The van der Waals surface area contributed by atoms with Crippen molar-refractivity contribution in [3.63, 3.8) is 0 Å². The zero-order valence-corrected chi connectivity index (χ0v) is 10.9. The second-order valence-electron chi connectivity index (χ2n) is 4.89. The monoisotopic (exact) mass is 265 g/mol. The molecule has 0 unspecified atom stereocenters. The molecule has 0 radical (unpaired) electrons. The Balaban J connectivity index is 1.91. The second-order valence-corrected chi connectivity index (χ2v) is 4.89. The molecule has 0 amide bonds. The minimum atomic E-state index is -2.50. The van der Waals surface area contributed by atoms with Crippen molar-refractivity contribution >= 4 is 5.82 Å². The molecule has 1 aromatic rings. The van der Waals surface area contributed by atoms with Gasteiger partial charge >= 0.3 is 0 Å². The summed E-state index contributed by atoms with van der Waals surface area (Å²) in [5, 5.41) is 0. The predicted octanol–water partition coefficient (Wildman–Crippen LogP) is 2.05. The first kappa shape index (κ1) is 13.8. The van der Waals surface area contributed by atoms with Gasteiger partial charge in [0.15, 0.2) is 0 Å². The molecule has 0 aliphatic carbocycles. The van der Waals surface area contributed by atoms with Crippen LogP contribution in [-0.4, -0.2) is 35.4 Å². The van der Waals surface area contributed by atoms with E-state index >= 15 is 0 Å². The largest absolute Gasteiger partial charge is 0.384 e. The number of alkyl halides is 2. The van der Waals surface area contributed by atoms with Gasteiger partial charge in [-0.25, -0.2) is 13.8 Å². The Hall–Kier alpha value is -1.67. The van der Waals surface area contributed by atoms with E-state index in [1.54, 1.807) is 6.07 Å². The average molecular weight is 265 g/mol. The van der Waals surface area contributed by atoms with E-state index in [-0.39, 0.29) is 12.8 Å². The number of nitrogens with zero attached hydrogens (tertiary/aromatic N) is 2. The maximum absolute atomic E-state index is 13.0. The maximum Gasteiger partial charge on any atom is 0.250 e. The van der Waals surface area contributed by atoms with Gasteiger partial charge in [-0.15, -0.1) is 0 Å². The Bertz CT molecular complexity index is 487. The van der Waals surface area contributed by atoms with Crippen LogP contribution in [0.2, 0.25) is 0 Å². The number of likely N-dealkylation sites (tertiary alicyclic amines) is 1. The fourth-order valence-corrected chi connectivity index (χ4v) is 2.04. The molecule has 1 fully saturated rings. The maximum atomic E-state index is 13.0. The summed E-state index contributed by atoms with van der Waals surface area (Å²) in [6.45, 7) is 3.21. The Morgan fingerprint density at radius 3 is 2.68 bits per heavy atom. The van der Waals surface area contributed by atoms with E-state index in [2.05, 4.69) is 16.8 Å². The first-order valence-corrected chi connectivity index (χ1v) is 6.28. The molecule has 19 heavy (non-hydrogen) atoms. The lowest BCUT2D eigenvalue weighted by molar-refractivity contribution is -0.0527. The normalized spacial score (nSPS) is 18.7. The number of pyridine rings is 1. The third-order valence-corrected chi connectivity index (χ3v) is 3.10. The number of piperidine rings is 1. The number of nitrogens with two attached hydrogens (primary N) is 1. The van der Waals surface area contributed by atoms with Crippen LogP contribution in [0.1, 0.15) is 24.1 Å². The van der Waals surface area contributed by atoms with Gasteiger partial charge < -0.3 is 5.73 Å². The zero-order chi connectivity index (χ0) is 13.9. The standard InChI is InChI=1S/C14H17F2N3/c1-11-9-12(18-13(17)10-11)3-2-6-19-7-4-14(15,16)5-8-19/h9-10H,4-8H2,1H3,(H2,17,18). The van der Waals surface area contributed by atoms with Crippen LogP contribution in [0.25, 0.3) is 0 Å². The Morgan fingerprint density at radius 1 is 1.37 bits per heavy atom. The van der Waals surface area contributed by atoms with E-state index in [0.29, 0.717) is 31.1 Å². The molecule has 0 saturated carbocycles. The SMILES string of the molecule is Cc1cc(N)nc(C#CCN2CCC(F)(F)CC2)c1. The minimum Gasteiger partial charge on any atom is -0.384 e. The lowest BCUT2D eigenvalue weighted by Crippen LogP contribution is -2.39. The molecule has 1 aliphatic heterocycles. The summed E-state index contributed by atoms with van der Waals surface area (Å²) < 4.78 is 25.9. The van der Waals surface area contributed by atoms with Crippen molar-refractivity contribution in [1.82, 2.24) is 9.88 Å². The van der Waals surface area contributed by atoms with Crippen LogP contribution in [0.4, 0.5) is 14.6 Å². The van der Waals surface area contributed by atoms with E-state index in [9.17, 15) is 8.78 Å². The first-order chi connectivity index (χ1) is 8.94. The number of halogens is 2. The van der Waals surface area contributed by atoms with Crippen LogP contribution >= 0.6 is 0 Å². The van der Waals surface area contributed by atoms with Crippen molar-refractivity contribution in [2.75, 3.05) is 25.4 Å². The van der Waals surface area contributed by atoms with E-state index < -0.39 is 5.92 Å². The van der Waals surface area contributed by atoms with Crippen molar-refractivity contribution in [3.05, 3.63) is 23.4 Å². The van der Waals surface area contributed by atoms with Crippen molar-refractivity contribution in [2.24, 2.45) is 0 Å². The van der Waals surface area contributed by atoms with Crippen LogP contribution in [0.3, 0.4) is 0 Å². The molecule has 5 heteroatoms. The van der Waals surface area contributed by atoms with E-state index in [1.807, 2.05) is 17.9 Å². The van der Waals surface area contributed by atoms with Crippen LogP contribution in [-0.2, 0) is 0 Å². The summed E-state index contributed by atoms with van der Waals surface area (Å²) >= 11 is 0. The van der Waals surface area contributed by atoms with Crippen molar-refractivity contribution in [1.29, 1.82) is 0 Å². The average Bonchev–Trinajstić information content (AvgIpc) is 2.30. The Labute approximate surface area is 111 Å². The van der Waals surface area contributed by atoms with Gasteiger partial charge in [0, 0.05) is 25.9 Å². The molecule has 2 rings (SSSR count). The number of aryl methyl sites for hydroxylation is 1. The van der Waals surface area contributed by atoms with Gasteiger partial charge in [0.25, 0.3) is 5.92 Å². The van der Waals surface area contributed by atoms with E-state index in [4.69, 9.17) is 5.73 Å². The summed E-state index contributed by atoms with van der Waals surface area (Å²) in [4.78, 5) is 6.04. The molecule has 2 N–H and O–H groups in total. The first-order valence-electron chi connectivity index (χ1n) is 6.28. The van der Waals surface area contributed by atoms with Gasteiger partial charge in [-0.3, -0.25) is 4.90 Å². The topological polar surface area (TPSA) is 42.1 Å². The quantitative estimate of drug-likeness (QED) is 0.790. The Kier molecular flexibility index (Phi) is 4.01. The number of anilines is 1. The number of nitrogen functional groups attached to an aromatic ring is 1. The summed E-state index contributed by atoms with van der Waals surface area (Å²) in [6, 6.07) is 3.63. The zero-order valence-electron chi connectivity index (χ0n) is 10.9. The van der Waals surface area contributed by atoms with E-state index in [1.165, 1.54) is 0 Å². The molecule has 0 spiro atoms. The summed E-state index contributed by atoms with van der Waals surface area (Å²) in [5.41, 5.74) is 7.26. The summed E-state index contributed by atoms with van der Waals surface area (Å²) in [5.74, 6) is 3.83. The predicted molar refractivity (Wildman–Crippen MR) is 70.9 cm³/mol. The second kappa shape index (κ2) is 5.54. The molecule has 0 bridgehead atoms. The number of rotatable bonds is 1. The molecule has 3 nitrogen and oxygen atoms in total. The lowest BCUT2D eigenvalue weighted by atomic mass is 10.1. The van der Waals surface area contributed by atoms with Crippen LogP contribution in [0.15, 0.2) is 12.1 Å². The third-order valence-electron chi connectivity index (χ3n) is 3.10. The van der Waals surface area contributed by atoms with Crippen molar-refractivity contribution < 1.29 is 8.78 Å². The fourth-order valence-electron chi connectivity index (χ4n) is 2.04. The lowest BCUT2D eigenvalue weighted by Gasteiger charge is -2.30. The molecular formula is C14H17F2N3. The molecular weight excluding hydrogens is 248 g/mol. The number of hydrogen-bond acceptors (Lipinski definition) is 3. The molecule has 0 aromatic carbocycles. The highest BCUT2D eigenvalue weighted by Crippen LogP contribution is 2.27. The van der Waals surface area contributed by atoms with Crippen molar-refractivity contribution in [3.8, 4) is 11.8 Å². The van der Waals surface area contributed by atoms with Crippen LogP contribution in [0, 0.1) is 18.8 Å². The summed E-state index contributed by atoms with van der Waals surface area (Å²) in [7, 11) is 0. The molecule has 102 valence electrons. The van der Waals surface area contributed by atoms with Gasteiger partial charge in [-0.05, 0) is 30.5 Å². The highest BCUT2D eigenvalue weighted by molar-refractivity contribution is 5.40. The molecule has 0 atom stereocenters. The Morgan fingerprint density at radius 2 is 2.05 bits per heavy atom. The van der Waals surface area contributed by atoms with Gasteiger partial charge in [-0.2, -0.15) is 0 Å². The highest BCUT2D eigenvalue weighted by atomic mass is 19.3.